The molecule has 2 N–H and O–H groups in total. The molecule has 4 rings (SSSR count). The van der Waals surface area contributed by atoms with Gasteiger partial charge in [0.05, 0.1) is 16.8 Å². The van der Waals surface area contributed by atoms with Crippen molar-refractivity contribution in [2.24, 2.45) is 5.92 Å². The van der Waals surface area contributed by atoms with Crippen molar-refractivity contribution in [1.82, 2.24) is 15.0 Å². The molecule has 0 aromatic carbocycles. The average molecular weight is 349 g/mol. The van der Waals surface area contributed by atoms with Crippen molar-refractivity contribution >= 4 is 34.0 Å². The van der Waals surface area contributed by atoms with Crippen LogP contribution in [0.25, 0.3) is 10.9 Å². The van der Waals surface area contributed by atoms with E-state index >= 15 is 0 Å². The molecule has 3 aromatic heterocycles. The van der Waals surface area contributed by atoms with Gasteiger partial charge < -0.3 is 10.6 Å². The molecule has 26 heavy (non-hydrogen) atoms. The molecule has 0 radical (unpaired) electrons. The van der Waals surface area contributed by atoms with Gasteiger partial charge in [0.2, 0.25) is 0 Å². The van der Waals surface area contributed by atoms with Gasteiger partial charge in [-0.1, -0.05) is 13.8 Å². The molecule has 0 unspecified atom stereocenters. The Morgan fingerprint density at radius 2 is 2.04 bits per heavy atom. The molecule has 3 aromatic rings. The number of nitrogens with zero attached hydrogens (tertiary/aromatic N) is 3. The van der Waals surface area contributed by atoms with Crippen LogP contribution in [0.4, 0.5) is 17.3 Å². The van der Waals surface area contributed by atoms with Crippen molar-refractivity contribution < 1.29 is 6.22 Å². The maximum atomic E-state index is 12.5. The lowest BCUT2D eigenvalue weighted by Crippen LogP contribution is -2.14. The van der Waals surface area contributed by atoms with Gasteiger partial charge in [-0.25, -0.2) is 9.97 Å². The summed E-state index contributed by atoms with van der Waals surface area (Å²) in [5, 5.41) is 7.66. The number of fused-ring (bicyclic) bond motifs is 1. The first kappa shape index (κ1) is 16.4. The minimum atomic E-state index is -0.0638. The molecule has 1 aliphatic rings. The van der Waals surface area contributed by atoms with Crippen molar-refractivity contribution in [2.75, 3.05) is 10.6 Å². The van der Waals surface area contributed by atoms with E-state index in [1.807, 2.05) is 38.1 Å². The summed E-state index contributed by atoms with van der Waals surface area (Å²) in [5.41, 5.74) is 2.36. The summed E-state index contributed by atoms with van der Waals surface area (Å²) in [5.74, 6) is 1.40. The summed E-state index contributed by atoms with van der Waals surface area (Å²) >= 11 is 0. The van der Waals surface area contributed by atoms with Crippen molar-refractivity contribution in [3.63, 3.8) is 0 Å². The summed E-state index contributed by atoms with van der Waals surface area (Å²) in [6.45, 7) is 3.81. The van der Waals surface area contributed by atoms with Crippen LogP contribution >= 0.6 is 0 Å². The van der Waals surface area contributed by atoms with Gasteiger partial charge in [0.1, 0.15) is 11.6 Å². The van der Waals surface area contributed by atoms with E-state index in [0.717, 1.165) is 29.4 Å². The van der Waals surface area contributed by atoms with Gasteiger partial charge in [-0.15, -0.1) is 0 Å². The Morgan fingerprint density at radius 3 is 2.81 bits per heavy atom. The van der Waals surface area contributed by atoms with Crippen LogP contribution in [0, 0.1) is 5.92 Å². The topological polar surface area (TPSA) is 79.8 Å². The number of aromatic nitrogens is 3. The lowest BCUT2D eigenvalue weighted by molar-refractivity contribution is 0.0940. The van der Waals surface area contributed by atoms with Crippen LogP contribution in [-0.2, 0) is 0 Å². The van der Waals surface area contributed by atoms with Crippen molar-refractivity contribution in [3.8, 4) is 0 Å². The Balaban J connectivity index is 0.00000210. The molecule has 0 spiro atoms. The highest BCUT2D eigenvalue weighted by molar-refractivity contribution is 6.02. The van der Waals surface area contributed by atoms with E-state index in [1.54, 1.807) is 18.6 Å². The van der Waals surface area contributed by atoms with Crippen LogP contribution in [-0.4, -0.2) is 26.8 Å². The smallest absolute Gasteiger partial charge is 0.169 e. The third kappa shape index (κ3) is 3.49. The number of hydrogen-bond donors (Lipinski definition) is 2. The first-order valence-corrected chi connectivity index (χ1v) is 8.89. The largest absolute Gasteiger partial charge is 0.382 e. The maximum absolute atomic E-state index is 12.5. The normalized spacial score (nSPS) is 13.8. The first-order valence-electron chi connectivity index (χ1n) is 8.89. The number of carbonyl (C=O) groups is 1. The third-order valence-electron chi connectivity index (χ3n) is 4.38. The van der Waals surface area contributed by atoms with Gasteiger partial charge in [-0.3, -0.25) is 9.78 Å². The molecule has 0 saturated heterocycles. The Labute approximate surface area is 153 Å². The Kier molecular flexibility index (Phi) is 4.24. The zero-order chi connectivity index (χ0) is 18.1. The van der Waals surface area contributed by atoms with Crippen molar-refractivity contribution in [2.45, 2.75) is 32.7 Å². The average Bonchev–Trinajstić information content (AvgIpc) is 3.45. The fourth-order valence-corrected chi connectivity index (χ4v) is 2.76. The number of Topliss-reactive ketones (excluding diaryl/α,β-unsaturated/α-hetero) is 1. The number of carbonyl (C=O) groups excluding carboxylic acids is 1. The number of ketones is 1. The summed E-state index contributed by atoms with van der Waals surface area (Å²) in [6.07, 6.45) is 7.44. The van der Waals surface area contributed by atoms with Gasteiger partial charge in [0.25, 0.3) is 0 Å². The zero-order valence-electron chi connectivity index (χ0n) is 14.9. The van der Waals surface area contributed by atoms with E-state index in [2.05, 4.69) is 25.6 Å². The lowest BCUT2D eigenvalue weighted by atomic mass is 10.0. The van der Waals surface area contributed by atoms with E-state index in [4.69, 9.17) is 0 Å². The van der Waals surface area contributed by atoms with Crippen LogP contribution in [0.3, 0.4) is 0 Å². The Bertz CT molecular complexity index is 971. The van der Waals surface area contributed by atoms with Crippen LogP contribution in [0.5, 0.6) is 0 Å². The van der Waals surface area contributed by atoms with Crippen molar-refractivity contribution in [1.29, 1.82) is 0 Å². The predicted molar refractivity (Wildman–Crippen MR) is 105 cm³/mol. The molecule has 6 heteroatoms. The molecule has 0 atom stereocenters. The summed E-state index contributed by atoms with van der Waals surface area (Å²) in [6, 6.07) is 8.09. The molecule has 1 aliphatic carbocycles. The molecule has 1 saturated carbocycles. The standard InChI is InChI=1S/C20H21N5O.H2/c1-12(2)20(26)15-11-22-19(9-17(15)23-14-4-5-14)25-18-6-3-13-10-21-8-7-16(13)24-18;/h3,6-12,14H,4-5H2,1-2H3,(H2,22,23,24,25);1H. The fraction of sp³-hybridized carbons (Fsp3) is 0.300. The maximum Gasteiger partial charge on any atom is 0.169 e. The van der Waals surface area contributed by atoms with Gasteiger partial charge in [-0.05, 0) is 31.0 Å². The van der Waals surface area contributed by atoms with Gasteiger partial charge >= 0.3 is 0 Å². The van der Waals surface area contributed by atoms with E-state index in [-0.39, 0.29) is 13.1 Å². The summed E-state index contributed by atoms with van der Waals surface area (Å²) in [4.78, 5) is 25.6. The summed E-state index contributed by atoms with van der Waals surface area (Å²) in [7, 11) is 0. The van der Waals surface area contributed by atoms with E-state index in [0.29, 0.717) is 23.2 Å². The minimum Gasteiger partial charge on any atom is -0.382 e. The lowest BCUT2D eigenvalue weighted by Gasteiger charge is -2.14. The molecule has 1 fully saturated rings. The van der Waals surface area contributed by atoms with Gasteiger partial charge in [-0.2, -0.15) is 0 Å². The van der Waals surface area contributed by atoms with Crippen molar-refractivity contribution in [3.05, 3.63) is 48.4 Å². The number of nitrogens with one attached hydrogen (secondary N) is 2. The second kappa shape index (κ2) is 6.71. The second-order valence-electron chi connectivity index (χ2n) is 6.94. The number of hydrogen-bond acceptors (Lipinski definition) is 6. The molecule has 0 bridgehead atoms. The highest BCUT2D eigenvalue weighted by Gasteiger charge is 2.24. The first-order chi connectivity index (χ1) is 12.6. The van der Waals surface area contributed by atoms with E-state index in [9.17, 15) is 4.79 Å². The monoisotopic (exact) mass is 349 g/mol. The van der Waals surface area contributed by atoms with Crippen LogP contribution < -0.4 is 10.6 Å². The highest BCUT2D eigenvalue weighted by atomic mass is 16.1. The molecular weight excluding hydrogens is 326 g/mol. The Morgan fingerprint density at radius 1 is 1.19 bits per heavy atom. The number of anilines is 3. The zero-order valence-corrected chi connectivity index (χ0v) is 14.9. The molecule has 134 valence electrons. The fourth-order valence-electron chi connectivity index (χ4n) is 2.76. The van der Waals surface area contributed by atoms with Crippen LogP contribution in [0.15, 0.2) is 42.9 Å². The number of pyridine rings is 3. The van der Waals surface area contributed by atoms with Crippen LogP contribution in [0.1, 0.15) is 38.5 Å². The van der Waals surface area contributed by atoms with Gasteiger partial charge in [0, 0.05) is 43.4 Å². The van der Waals surface area contributed by atoms with Gasteiger partial charge in [0.15, 0.2) is 5.78 Å². The molecule has 0 aliphatic heterocycles. The van der Waals surface area contributed by atoms with Crippen LogP contribution in [0.2, 0.25) is 0 Å². The second-order valence-corrected chi connectivity index (χ2v) is 6.94. The molecular formula is C20H23N5O. The van der Waals surface area contributed by atoms with E-state index < -0.39 is 0 Å². The molecule has 3 heterocycles. The quantitative estimate of drug-likeness (QED) is 0.641. The number of rotatable bonds is 6. The molecule has 6 nitrogen and oxygen atoms in total. The third-order valence-corrected chi connectivity index (χ3v) is 4.38. The highest BCUT2D eigenvalue weighted by Crippen LogP contribution is 2.30. The predicted octanol–water partition coefficient (Wildman–Crippen LogP) is 4.43. The molecule has 0 amide bonds. The van der Waals surface area contributed by atoms with E-state index in [1.165, 1.54) is 0 Å². The SMILES string of the molecule is CC(C)C(=O)c1cnc(Nc2ccc3cnccc3n2)cc1NC1CC1.[HH]. The minimum absolute atomic E-state index is 0. The summed E-state index contributed by atoms with van der Waals surface area (Å²) < 4.78 is 0. The Hall–Kier alpha value is -3.02.